The molecule has 2 fully saturated rings. The molecule has 1 amide bonds. The summed E-state index contributed by atoms with van der Waals surface area (Å²) in [5.74, 6) is 0.552. The first-order chi connectivity index (χ1) is 13.7. The van der Waals surface area contributed by atoms with E-state index in [0.717, 1.165) is 37.9 Å². The van der Waals surface area contributed by atoms with E-state index in [2.05, 4.69) is 27.2 Å². The van der Waals surface area contributed by atoms with Crippen molar-refractivity contribution in [2.45, 2.75) is 31.7 Å². The summed E-state index contributed by atoms with van der Waals surface area (Å²) in [5.41, 5.74) is 2.62. The molecule has 0 bridgehead atoms. The quantitative estimate of drug-likeness (QED) is 0.852. The average molecular weight is 380 g/mol. The Morgan fingerprint density at radius 1 is 1.00 bits per heavy atom. The minimum absolute atomic E-state index is 0.128. The van der Waals surface area contributed by atoms with E-state index in [1.54, 1.807) is 19.2 Å². The van der Waals surface area contributed by atoms with E-state index in [9.17, 15) is 4.79 Å². The van der Waals surface area contributed by atoms with E-state index < -0.39 is 0 Å². The molecule has 4 rings (SSSR count). The van der Waals surface area contributed by atoms with Gasteiger partial charge in [0.2, 0.25) is 0 Å². The Balaban J connectivity index is 1.33. The van der Waals surface area contributed by atoms with Gasteiger partial charge >= 0.3 is 0 Å². The van der Waals surface area contributed by atoms with Crippen LogP contribution >= 0.6 is 0 Å². The smallest absolute Gasteiger partial charge is 0.255 e. The van der Waals surface area contributed by atoms with Gasteiger partial charge in [-0.1, -0.05) is 18.9 Å². The van der Waals surface area contributed by atoms with Gasteiger partial charge in [0, 0.05) is 49.2 Å². The van der Waals surface area contributed by atoms with Gasteiger partial charge in [-0.2, -0.15) is 0 Å². The second-order valence-electron chi connectivity index (χ2n) is 7.69. The van der Waals surface area contributed by atoms with Gasteiger partial charge in [0.05, 0.1) is 7.11 Å². The molecule has 1 saturated carbocycles. The zero-order chi connectivity index (χ0) is 19.3. The number of anilines is 2. The molecule has 1 saturated heterocycles. The summed E-state index contributed by atoms with van der Waals surface area (Å²) in [6.07, 6.45) is 5.55. The lowest BCUT2D eigenvalue weighted by atomic mass is 10.1. The molecule has 148 valence electrons. The largest absolute Gasteiger partial charge is 0.497 e. The minimum atomic E-state index is -0.128. The summed E-state index contributed by atoms with van der Waals surface area (Å²) in [5, 5.41) is 2.96. The van der Waals surface area contributed by atoms with Gasteiger partial charge in [-0.05, 0) is 55.3 Å². The van der Waals surface area contributed by atoms with Gasteiger partial charge in [-0.25, -0.2) is 0 Å². The number of amides is 1. The third kappa shape index (κ3) is 4.30. The van der Waals surface area contributed by atoms with Gasteiger partial charge in [-0.15, -0.1) is 0 Å². The monoisotopic (exact) mass is 379 g/mol. The van der Waals surface area contributed by atoms with Crippen LogP contribution in [0.15, 0.2) is 48.5 Å². The Labute approximate surface area is 167 Å². The predicted octanol–water partition coefficient (Wildman–Crippen LogP) is 4.01. The molecule has 5 heteroatoms. The molecule has 1 heterocycles. The first kappa shape index (κ1) is 18.8. The van der Waals surface area contributed by atoms with E-state index in [4.69, 9.17) is 4.74 Å². The molecule has 5 nitrogen and oxygen atoms in total. The summed E-state index contributed by atoms with van der Waals surface area (Å²) in [7, 11) is 1.60. The van der Waals surface area contributed by atoms with Crippen LogP contribution in [-0.2, 0) is 0 Å². The van der Waals surface area contributed by atoms with Crippen molar-refractivity contribution in [1.29, 1.82) is 0 Å². The summed E-state index contributed by atoms with van der Waals surface area (Å²) in [6.45, 7) is 4.45. The molecule has 1 aliphatic carbocycles. The first-order valence-corrected chi connectivity index (χ1v) is 10.3. The fraction of sp³-hybridized carbons (Fsp3) is 0.435. The van der Waals surface area contributed by atoms with E-state index in [0.29, 0.717) is 11.3 Å². The molecule has 1 aliphatic heterocycles. The second-order valence-corrected chi connectivity index (χ2v) is 7.69. The number of piperazine rings is 1. The van der Waals surface area contributed by atoms with Gasteiger partial charge in [0.1, 0.15) is 5.75 Å². The lowest BCUT2D eigenvalue weighted by molar-refractivity contribution is 0.102. The summed E-state index contributed by atoms with van der Waals surface area (Å²) in [4.78, 5) is 17.6. The maximum Gasteiger partial charge on any atom is 0.255 e. The van der Waals surface area contributed by atoms with Gasteiger partial charge in [0.25, 0.3) is 5.91 Å². The second kappa shape index (κ2) is 8.65. The number of rotatable bonds is 5. The number of hydrogen-bond donors (Lipinski definition) is 1. The van der Waals surface area contributed by atoms with Crippen LogP contribution in [0.25, 0.3) is 0 Å². The van der Waals surface area contributed by atoms with Crippen molar-refractivity contribution in [3.05, 3.63) is 54.1 Å². The zero-order valence-corrected chi connectivity index (χ0v) is 16.6. The van der Waals surface area contributed by atoms with Crippen molar-refractivity contribution in [2.75, 3.05) is 43.5 Å². The van der Waals surface area contributed by atoms with Crippen molar-refractivity contribution in [3.8, 4) is 5.75 Å². The Bertz CT molecular complexity index is 792. The van der Waals surface area contributed by atoms with E-state index >= 15 is 0 Å². The maximum atomic E-state index is 12.4. The van der Waals surface area contributed by atoms with E-state index in [1.165, 1.54) is 31.4 Å². The molecule has 2 aromatic rings. The van der Waals surface area contributed by atoms with Crippen LogP contribution in [0.2, 0.25) is 0 Å². The van der Waals surface area contributed by atoms with Crippen molar-refractivity contribution < 1.29 is 9.53 Å². The van der Waals surface area contributed by atoms with Crippen molar-refractivity contribution >= 4 is 17.3 Å². The Hall–Kier alpha value is -2.53. The maximum absolute atomic E-state index is 12.4. The molecule has 0 aromatic heterocycles. The number of carbonyl (C=O) groups is 1. The normalized spacial score (nSPS) is 18.2. The van der Waals surface area contributed by atoms with Crippen LogP contribution in [0.3, 0.4) is 0 Å². The third-order valence-electron chi connectivity index (χ3n) is 5.98. The average Bonchev–Trinajstić information content (AvgIpc) is 3.29. The van der Waals surface area contributed by atoms with Crippen molar-refractivity contribution in [2.24, 2.45) is 0 Å². The lowest BCUT2D eigenvalue weighted by Gasteiger charge is -2.39. The van der Waals surface area contributed by atoms with E-state index in [-0.39, 0.29) is 5.91 Å². The van der Waals surface area contributed by atoms with Crippen LogP contribution in [-0.4, -0.2) is 50.1 Å². The molecule has 0 spiro atoms. The zero-order valence-electron chi connectivity index (χ0n) is 16.6. The van der Waals surface area contributed by atoms with Gasteiger partial charge < -0.3 is 15.0 Å². The lowest BCUT2D eigenvalue weighted by Crippen LogP contribution is -2.49. The predicted molar refractivity (Wildman–Crippen MR) is 113 cm³/mol. The van der Waals surface area contributed by atoms with E-state index in [1.807, 2.05) is 24.3 Å². The van der Waals surface area contributed by atoms with Crippen LogP contribution in [0.5, 0.6) is 5.75 Å². The molecular formula is C23H29N3O2. The molecule has 2 aromatic carbocycles. The van der Waals surface area contributed by atoms with Crippen LogP contribution in [0.1, 0.15) is 36.0 Å². The number of nitrogens with zero attached hydrogens (tertiary/aromatic N) is 2. The molecular weight excluding hydrogens is 350 g/mol. The number of hydrogen-bond acceptors (Lipinski definition) is 4. The first-order valence-electron chi connectivity index (χ1n) is 10.3. The molecule has 2 aliphatic rings. The molecule has 28 heavy (non-hydrogen) atoms. The fourth-order valence-corrected chi connectivity index (χ4v) is 4.34. The standard InChI is InChI=1S/C23H29N3O2/c1-28-22-8-4-5-18(17-22)23(27)24-19-9-11-21(12-10-19)26-15-13-25(14-16-26)20-6-2-3-7-20/h4-5,8-12,17,20H,2-3,6-7,13-16H2,1H3,(H,24,27). The van der Waals surface area contributed by atoms with Crippen LogP contribution < -0.4 is 15.0 Å². The SMILES string of the molecule is COc1cccc(C(=O)Nc2ccc(N3CCN(C4CCCC4)CC3)cc2)c1. The summed E-state index contributed by atoms with van der Waals surface area (Å²) >= 11 is 0. The molecule has 1 N–H and O–H groups in total. The summed E-state index contributed by atoms with van der Waals surface area (Å²) < 4.78 is 5.19. The highest BCUT2D eigenvalue weighted by atomic mass is 16.5. The number of nitrogens with one attached hydrogen (secondary N) is 1. The number of methoxy groups -OCH3 is 1. The fourth-order valence-electron chi connectivity index (χ4n) is 4.34. The third-order valence-corrected chi connectivity index (χ3v) is 5.98. The number of carbonyl (C=O) groups excluding carboxylic acids is 1. The number of benzene rings is 2. The van der Waals surface area contributed by atoms with Crippen molar-refractivity contribution in [3.63, 3.8) is 0 Å². The Morgan fingerprint density at radius 2 is 1.71 bits per heavy atom. The molecule has 0 atom stereocenters. The van der Waals surface area contributed by atoms with Crippen LogP contribution in [0, 0.1) is 0 Å². The topological polar surface area (TPSA) is 44.8 Å². The van der Waals surface area contributed by atoms with Gasteiger partial charge in [0.15, 0.2) is 0 Å². The highest BCUT2D eigenvalue weighted by Gasteiger charge is 2.26. The minimum Gasteiger partial charge on any atom is -0.497 e. The molecule has 0 radical (unpaired) electrons. The summed E-state index contributed by atoms with van der Waals surface area (Å²) in [6, 6.07) is 16.2. The van der Waals surface area contributed by atoms with Crippen molar-refractivity contribution in [1.82, 2.24) is 4.90 Å². The molecule has 0 unspecified atom stereocenters. The highest BCUT2D eigenvalue weighted by molar-refractivity contribution is 6.04. The Morgan fingerprint density at radius 3 is 2.39 bits per heavy atom. The highest BCUT2D eigenvalue weighted by Crippen LogP contribution is 2.26. The van der Waals surface area contributed by atoms with Crippen LogP contribution in [0.4, 0.5) is 11.4 Å². The number of ether oxygens (including phenoxy) is 1. The Kier molecular flexibility index (Phi) is 5.81. The van der Waals surface area contributed by atoms with Gasteiger partial charge in [-0.3, -0.25) is 9.69 Å².